The summed E-state index contributed by atoms with van der Waals surface area (Å²) in [7, 11) is 0. The molecule has 0 saturated carbocycles. The van der Waals surface area contributed by atoms with Crippen molar-refractivity contribution in [3.63, 3.8) is 0 Å². The largest absolute Gasteiger partial charge is 0.456 e. The van der Waals surface area contributed by atoms with E-state index in [1.54, 1.807) is 17.8 Å². The molecule has 1 atom stereocenters. The third kappa shape index (κ3) is 3.74. The molecule has 2 rings (SSSR count). The monoisotopic (exact) mass is 291 g/mol. The Bertz CT molecular complexity index is 586. The lowest BCUT2D eigenvalue weighted by Gasteiger charge is -2.14. The molecule has 20 heavy (non-hydrogen) atoms. The highest BCUT2D eigenvalue weighted by atomic mass is 32.2. The molecule has 2 N–H and O–H groups in total. The number of benzene rings is 2. The minimum absolute atomic E-state index is 0.0463. The molecule has 1 unspecified atom stereocenters. The van der Waals surface area contributed by atoms with Crippen molar-refractivity contribution in [3.8, 4) is 11.5 Å². The van der Waals surface area contributed by atoms with Gasteiger partial charge in [0.2, 0.25) is 0 Å². The van der Waals surface area contributed by atoms with E-state index in [0.29, 0.717) is 12.2 Å². The van der Waals surface area contributed by atoms with E-state index >= 15 is 0 Å². The normalized spacial score (nSPS) is 12.2. The Hall–Kier alpha value is -1.52. The molecule has 0 aliphatic rings. The number of thioether (sulfide) groups is 1. The summed E-state index contributed by atoms with van der Waals surface area (Å²) in [5.41, 5.74) is 6.60. The van der Waals surface area contributed by atoms with Gasteiger partial charge in [0.25, 0.3) is 0 Å². The second-order valence-corrected chi connectivity index (χ2v) is 5.53. The van der Waals surface area contributed by atoms with Crippen molar-refractivity contribution in [2.75, 3.05) is 6.26 Å². The van der Waals surface area contributed by atoms with Crippen molar-refractivity contribution in [1.82, 2.24) is 0 Å². The second-order valence-electron chi connectivity index (χ2n) is 4.69. The molecule has 0 aromatic heterocycles. The SMILES string of the molecule is CSc1ccccc1Oc1ccc(F)cc1CC(C)N. The average molecular weight is 291 g/mol. The Morgan fingerprint density at radius 3 is 2.65 bits per heavy atom. The van der Waals surface area contributed by atoms with E-state index in [4.69, 9.17) is 10.5 Å². The number of hydrogen-bond acceptors (Lipinski definition) is 3. The van der Waals surface area contributed by atoms with E-state index in [2.05, 4.69) is 0 Å². The van der Waals surface area contributed by atoms with Crippen LogP contribution in [0.4, 0.5) is 4.39 Å². The Morgan fingerprint density at radius 1 is 1.20 bits per heavy atom. The molecule has 0 amide bonds. The minimum atomic E-state index is -0.272. The second kappa shape index (κ2) is 6.77. The third-order valence-electron chi connectivity index (χ3n) is 2.85. The van der Waals surface area contributed by atoms with Crippen LogP contribution in [-0.4, -0.2) is 12.3 Å². The van der Waals surface area contributed by atoms with Gasteiger partial charge in [-0.1, -0.05) is 12.1 Å². The molecule has 0 heterocycles. The van der Waals surface area contributed by atoms with Gasteiger partial charge in [-0.2, -0.15) is 0 Å². The maximum absolute atomic E-state index is 13.4. The van der Waals surface area contributed by atoms with Crippen LogP contribution < -0.4 is 10.5 Å². The van der Waals surface area contributed by atoms with Crippen LogP contribution in [0.3, 0.4) is 0 Å². The first-order chi connectivity index (χ1) is 9.60. The number of halogens is 1. The standard InChI is InChI=1S/C16H18FNOS/c1-11(18)9-12-10-13(17)7-8-14(12)19-15-5-3-4-6-16(15)20-2/h3-8,10-11H,9,18H2,1-2H3. The first-order valence-electron chi connectivity index (χ1n) is 6.45. The van der Waals surface area contributed by atoms with Gasteiger partial charge in [0.15, 0.2) is 0 Å². The average Bonchev–Trinajstić information content (AvgIpc) is 2.42. The predicted octanol–water partition coefficient (Wildman–Crippen LogP) is 4.23. The summed E-state index contributed by atoms with van der Waals surface area (Å²) in [4.78, 5) is 1.04. The Labute approximate surface area is 123 Å². The zero-order chi connectivity index (χ0) is 14.5. The van der Waals surface area contributed by atoms with Crippen LogP contribution in [0.5, 0.6) is 11.5 Å². The highest BCUT2D eigenvalue weighted by Gasteiger charge is 2.10. The molecule has 0 aliphatic heterocycles. The van der Waals surface area contributed by atoms with Gasteiger partial charge in [-0.05, 0) is 55.5 Å². The summed E-state index contributed by atoms with van der Waals surface area (Å²) in [6, 6.07) is 12.3. The predicted molar refractivity (Wildman–Crippen MR) is 82.1 cm³/mol. The van der Waals surface area contributed by atoms with Gasteiger partial charge in [0.1, 0.15) is 17.3 Å². The molecular formula is C16H18FNOS. The fourth-order valence-electron chi connectivity index (χ4n) is 1.98. The van der Waals surface area contributed by atoms with Gasteiger partial charge < -0.3 is 10.5 Å². The van der Waals surface area contributed by atoms with Gasteiger partial charge in [0, 0.05) is 10.9 Å². The highest BCUT2D eigenvalue weighted by molar-refractivity contribution is 7.98. The van der Waals surface area contributed by atoms with Gasteiger partial charge in [-0.3, -0.25) is 0 Å². The quantitative estimate of drug-likeness (QED) is 0.837. The van der Waals surface area contributed by atoms with E-state index in [-0.39, 0.29) is 11.9 Å². The van der Waals surface area contributed by atoms with Gasteiger partial charge >= 0.3 is 0 Å². The summed E-state index contributed by atoms with van der Waals surface area (Å²) in [6.07, 6.45) is 2.57. The van der Waals surface area contributed by atoms with Crippen LogP contribution in [0, 0.1) is 5.82 Å². The van der Waals surface area contributed by atoms with E-state index in [9.17, 15) is 4.39 Å². The lowest BCUT2D eigenvalue weighted by atomic mass is 10.1. The summed E-state index contributed by atoms with van der Waals surface area (Å²) in [5, 5.41) is 0. The zero-order valence-electron chi connectivity index (χ0n) is 11.6. The molecule has 2 aromatic rings. The van der Waals surface area contributed by atoms with Gasteiger partial charge in [0.05, 0.1) is 0 Å². The maximum Gasteiger partial charge on any atom is 0.140 e. The van der Waals surface area contributed by atoms with E-state index in [1.165, 1.54) is 12.1 Å². The van der Waals surface area contributed by atoms with Crippen LogP contribution in [0.15, 0.2) is 47.4 Å². The Kier molecular flexibility index (Phi) is 5.04. The van der Waals surface area contributed by atoms with Crippen LogP contribution >= 0.6 is 11.8 Å². The lowest BCUT2D eigenvalue weighted by Crippen LogP contribution is -2.18. The molecule has 0 fully saturated rings. The maximum atomic E-state index is 13.4. The first kappa shape index (κ1) is 14.9. The Morgan fingerprint density at radius 2 is 1.95 bits per heavy atom. The molecule has 0 aliphatic carbocycles. The van der Waals surface area contributed by atoms with Crippen molar-refractivity contribution in [2.45, 2.75) is 24.3 Å². The fraction of sp³-hybridized carbons (Fsp3) is 0.250. The topological polar surface area (TPSA) is 35.2 Å². The molecule has 0 saturated heterocycles. The number of para-hydroxylation sites is 1. The molecule has 4 heteroatoms. The van der Waals surface area contributed by atoms with Crippen LogP contribution in [0.25, 0.3) is 0 Å². The number of rotatable bonds is 5. The van der Waals surface area contributed by atoms with Crippen molar-refractivity contribution in [2.24, 2.45) is 5.73 Å². The molecule has 2 aromatic carbocycles. The third-order valence-corrected chi connectivity index (χ3v) is 3.63. The van der Waals surface area contributed by atoms with Crippen LogP contribution in [0.2, 0.25) is 0 Å². The van der Waals surface area contributed by atoms with Crippen molar-refractivity contribution in [1.29, 1.82) is 0 Å². The molecule has 0 bridgehead atoms. The minimum Gasteiger partial charge on any atom is -0.456 e. The summed E-state index contributed by atoms with van der Waals surface area (Å²) < 4.78 is 19.3. The lowest BCUT2D eigenvalue weighted by molar-refractivity contribution is 0.460. The summed E-state index contributed by atoms with van der Waals surface area (Å²) in [6.45, 7) is 1.89. The van der Waals surface area contributed by atoms with Gasteiger partial charge in [-0.25, -0.2) is 4.39 Å². The zero-order valence-corrected chi connectivity index (χ0v) is 12.4. The summed E-state index contributed by atoms with van der Waals surface area (Å²) >= 11 is 1.61. The molecular weight excluding hydrogens is 273 g/mol. The van der Waals surface area contributed by atoms with Crippen LogP contribution in [0.1, 0.15) is 12.5 Å². The summed E-state index contributed by atoms with van der Waals surface area (Å²) in [5.74, 6) is 1.16. The van der Waals surface area contributed by atoms with Crippen LogP contribution in [-0.2, 0) is 6.42 Å². The first-order valence-corrected chi connectivity index (χ1v) is 7.67. The van der Waals surface area contributed by atoms with E-state index in [1.807, 2.05) is 37.4 Å². The van der Waals surface area contributed by atoms with E-state index in [0.717, 1.165) is 16.2 Å². The molecule has 0 spiro atoms. The Balaban J connectivity index is 2.33. The van der Waals surface area contributed by atoms with Crippen molar-refractivity contribution in [3.05, 3.63) is 53.8 Å². The van der Waals surface area contributed by atoms with Gasteiger partial charge in [-0.15, -0.1) is 11.8 Å². The molecule has 106 valence electrons. The highest BCUT2D eigenvalue weighted by Crippen LogP contribution is 2.33. The molecule has 2 nitrogen and oxygen atoms in total. The molecule has 0 radical (unpaired) electrons. The number of hydrogen-bond donors (Lipinski definition) is 1. The van der Waals surface area contributed by atoms with E-state index < -0.39 is 0 Å². The smallest absolute Gasteiger partial charge is 0.140 e. The van der Waals surface area contributed by atoms with Crippen molar-refractivity contribution < 1.29 is 9.13 Å². The number of ether oxygens (including phenoxy) is 1. The fourth-order valence-corrected chi connectivity index (χ4v) is 2.50. The van der Waals surface area contributed by atoms with Crippen molar-refractivity contribution >= 4 is 11.8 Å². The number of nitrogens with two attached hydrogens (primary N) is 1.